The molecule has 1 aliphatic carbocycles. The summed E-state index contributed by atoms with van der Waals surface area (Å²) >= 11 is 0. The van der Waals surface area contributed by atoms with Crippen LogP contribution in [0, 0.1) is 12.7 Å². The summed E-state index contributed by atoms with van der Waals surface area (Å²) in [4.78, 5) is 11.6. The highest BCUT2D eigenvalue weighted by Crippen LogP contribution is 2.30. The third-order valence-corrected chi connectivity index (χ3v) is 3.28. The minimum atomic E-state index is -0.740. The van der Waals surface area contributed by atoms with Crippen LogP contribution in [0.5, 0.6) is 0 Å². The molecule has 3 N–H and O–H groups in total. The van der Waals surface area contributed by atoms with E-state index in [2.05, 4.69) is 10.6 Å². The molecular weight excluding hydrogens is 235 g/mol. The highest BCUT2D eigenvalue weighted by atomic mass is 19.1. The number of carbonyl (C=O) groups excluding carboxylic acids is 1. The van der Waals surface area contributed by atoms with Gasteiger partial charge in [0.25, 0.3) is 0 Å². The summed E-state index contributed by atoms with van der Waals surface area (Å²) in [7, 11) is 0. The first-order valence-corrected chi connectivity index (χ1v) is 6.02. The van der Waals surface area contributed by atoms with Gasteiger partial charge in [-0.1, -0.05) is 0 Å². The second-order valence-electron chi connectivity index (χ2n) is 4.85. The lowest BCUT2D eigenvalue weighted by Crippen LogP contribution is -2.48. The van der Waals surface area contributed by atoms with E-state index in [-0.39, 0.29) is 18.4 Å². The van der Waals surface area contributed by atoms with E-state index < -0.39 is 5.60 Å². The maximum atomic E-state index is 13.0. The maximum absolute atomic E-state index is 13.0. The fourth-order valence-corrected chi connectivity index (χ4v) is 1.90. The molecule has 0 spiro atoms. The predicted octanol–water partition coefficient (Wildman–Crippen LogP) is 2.17. The third-order valence-electron chi connectivity index (χ3n) is 3.28. The fraction of sp³-hybridized carbons (Fsp3) is 0.462. The second kappa shape index (κ2) is 4.94. The van der Waals surface area contributed by atoms with Crippen LogP contribution in [-0.4, -0.2) is 23.3 Å². The van der Waals surface area contributed by atoms with Gasteiger partial charge in [-0.2, -0.15) is 0 Å². The Hall–Kier alpha value is -1.62. The van der Waals surface area contributed by atoms with E-state index in [1.807, 2.05) is 0 Å². The largest absolute Gasteiger partial charge is 0.388 e. The minimum Gasteiger partial charge on any atom is -0.388 e. The SMILES string of the molecule is Cc1cc(NC(=O)NCC2(O)CCC2)ccc1F. The van der Waals surface area contributed by atoms with Crippen LogP contribution in [-0.2, 0) is 0 Å². The Balaban J connectivity index is 1.85. The minimum absolute atomic E-state index is 0.249. The number of nitrogens with one attached hydrogen (secondary N) is 2. The molecule has 0 aliphatic heterocycles. The van der Waals surface area contributed by atoms with Crippen LogP contribution in [0.4, 0.5) is 14.9 Å². The molecule has 0 aromatic heterocycles. The van der Waals surface area contributed by atoms with Crippen LogP contribution >= 0.6 is 0 Å². The Morgan fingerprint density at radius 3 is 2.78 bits per heavy atom. The van der Waals surface area contributed by atoms with Crippen molar-refractivity contribution in [1.82, 2.24) is 5.32 Å². The lowest BCUT2D eigenvalue weighted by molar-refractivity contribution is -0.0287. The van der Waals surface area contributed by atoms with Crippen molar-refractivity contribution in [1.29, 1.82) is 0 Å². The van der Waals surface area contributed by atoms with E-state index in [4.69, 9.17) is 0 Å². The molecule has 5 heteroatoms. The zero-order valence-electron chi connectivity index (χ0n) is 10.3. The number of anilines is 1. The highest BCUT2D eigenvalue weighted by Gasteiger charge is 2.34. The van der Waals surface area contributed by atoms with E-state index in [1.165, 1.54) is 12.1 Å². The van der Waals surface area contributed by atoms with E-state index in [0.29, 0.717) is 11.3 Å². The normalized spacial score (nSPS) is 16.8. The Labute approximate surface area is 105 Å². The zero-order chi connectivity index (χ0) is 13.2. The Morgan fingerprint density at radius 2 is 2.22 bits per heavy atom. The van der Waals surface area contributed by atoms with Gasteiger partial charge in [0, 0.05) is 12.2 Å². The molecule has 0 heterocycles. The first-order valence-electron chi connectivity index (χ1n) is 6.02. The molecule has 1 aliphatic rings. The van der Waals surface area contributed by atoms with Crippen molar-refractivity contribution >= 4 is 11.7 Å². The Kier molecular flexibility index (Phi) is 3.52. The average Bonchev–Trinajstić information content (AvgIpc) is 2.29. The Bertz CT molecular complexity index is 458. The highest BCUT2D eigenvalue weighted by molar-refractivity contribution is 5.89. The molecule has 0 radical (unpaired) electrons. The van der Waals surface area contributed by atoms with Gasteiger partial charge >= 0.3 is 6.03 Å². The van der Waals surface area contributed by atoms with Gasteiger partial charge in [-0.15, -0.1) is 0 Å². The predicted molar refractivity (Wildman–Crippen MR) is 67.0 cm³/mol. The summed E-state index contributed by atoms with van der Waals surface area (Å²) in [5, 5.41) is 15.0. The number of benzene rings is 1. The van der Waals surface area contributed by atoms with Crippen LogP contribution in [0.1, 0.15) is 24.8 Å². The van der Waals surface area contributed by atoms with Crippen molar-refractivity contribution in [2.75, 3.05) is 11.9 Å². The molecule has 4 nitrogen and oxygen atoms in total. The molecule has 1 saturated carbocycles. The van der Waals surface area contributed by atoms with Crippen LogP contribution in [0.25, 0.3) is 0 Å². The van der Waals surface area contributed by atoms with Crippen molar-refractivity contribution in [3.63, 3.8) is 0 Å². The van der Waals surface area contributed by atoms with Gasteiger partial charge in [-0.05, 0) is 49.9 Å². The molecular formula is C13H17FN2O2. The monoisotopic (exact) mass is 252 g/mol. The van der Waals surface area contributed by atoms with E-state index in [9.17, 15) is 14.3 Å². The number of hydrogen-bond acceptors (Lipinski definition) is 2. The third kappa shape index (κ3) is 2.98. The molecule has 18 heavy (non-hydrogen) atoms. The number of amides is 2. The molecule has 2 amide bonds. The number of halogens is 1. The molecule has 1 aromatic rings. The molecule has 0 bridgehead atoms. The Morgan fingerprint density at radius 1 is 1.50 bits per heavy atom. The lowest BCUT2D eigenvalue weighted by atomic mass is 9.80. The lowest BCUT2D eigenvalue weighted by Gasteiger charge is -2.36. The van der Waals surface area contributed by atoms with Crippen molar-refractivity contribution in [2.24, 2.45) is 0 Å². The molecule has 1 aromatic carbocycles. The van der Waals surface area contributed by atoms with Gasteiger partial charge in [-0.25, -0.2) is 9.18 Å². The molecule has 0 atom stereocenters. The quantitative estimate of drug-likeness (QED) is 0.772. The van der Waals surface area contributed by atoms with Crippen molar-refractivity contribution in [3.05, 3.63) is 29.6 Å². The fourth-order valence-electron chi connectivity index (χ4n) is 1.90. The summed E-state index contributed by atoms with van der Waals surface area (Å²) in [5.74, 6) is -0.301. The van der Waals surface area contributed by atoms with Crippen molar-refractivity contribution < 1.29 is 14.3 Å². The smallest absolute Gasteiger partial charge is 0.319 e. The van der Waals surface area contributed by atoms with Crippen LogP contribution in [0.2, 0.25) is 0 Å². The number of urea groups is 1. The topological polar surface area (TPSA) is 61.4 Å². The number of rotatable bonds is 3. The van der Waals surface area contributed by atoms with Gasteiger partial charge in [0.1, 0.15) is 5.82 Å². The number of aryl methyl sites for hydroxylation is 1. The summed E-state index contributed by atoms with van der Waals surface area (Å²) in [6, 6.07) is 3.98. The van der Waals surface area contributed by atoms with Crippen LogP contribution in [0.3, 0.4) is 0 Å². The first kappa shape index (κ1) is 12.8. The van der Waals surface area contributed by atoms with Gasteiger partial charge in [0.05, 0.1) is 5.60 Å². The van der Waals surface area contributed by atoms with Crippen molar-refractivity contribution in [2.45, 2.75) is 31.8 Å². The van der Waals surface area contributed by atoms with Gasteiger partial charge in [0.15, 0.2) is 0 Å². The van der Waals surface area contributed by atoms with Gasteiger partial charge in [0.2, 0.25) is 0 Å². The zero-order valence-corrected chi connectivity index (χ0v) is 10.3. The van der Waals surface area contributed by atoms with Crippen LogP contribution < -0.4 is 10.6 Å². The molecule has 1 fully saturated rings. The molecule has 0 unspecified atom stereocenters. The average molecular weight is 252 g/mol. The number of carbonyl (C=O) groups is 1. The summed E-state index contributed by atoms with van der Waals surface area (Å²) in [5.41, 5.74) is 0.271. The van der Waals surface area contributed by atoms with Crippen molar-refractivity contribution in [3.8, 4) is 0 Å². The maximum Gasteiger partial charge on any atom is 0.319 e. The van der Waals surface area contributed by atoms with Crippen LogP contribution in [0.15, 0.2) is 18.2 Å². The van der Waals surface area contributed by atoms with E-state index >= 15 is 0 Å². The first-order chi connectivity index (χ1) is 8.48. The van der Waals surface area contributed by atoms with Gasteiger partial charge < -0.3 is 15.7 Å². The van der Waals surface area contributed by atoms with E-state index in [1.54, 1.807) is 13.0 Å². The summed E-state index contributed by atoms with van der Waals surface area (Å²) in [6.07, 6.45) is 2.45. The van der Waals surface area contributed by atoms with Gasteiger partial charge in [-0.3, -0.25) is 0 Å². The second-order valence-corrected chi connectivity index (χ2v) is 4.85. The molecule has 98 valence electrons. The molecule has 2 rings (SSSR count). The summed E-state index contributed by atoms with van der Waals surface area (Å²) in [6.45, 7) is 1.88. The number of hydrogen-bond donors (Lipinski definition) is 3. The standard InChI is InChI=1S/C13H17FN2O2/c1-9-7-10(3-4-11(9)14)16-12(17)15-8-13(18)5-2-6-13/h3-4,7,18H,2,5-6,8H2,1H3,(H2,15,16,17). The molecule has 0 saturated heterocycles. The summed E-state index contributed by atoms with van der Waals surface area (Å²) < 4.78 is 13.0. The number of aliphatic hydroxyl groups is 1. The van der Waals surface area contributed by atoms with E-state index in [0.717, 1.165) is 19.3 Å².